The lowest BCUT2D eigenvalue weighted by atomic mass is 10.3. The minimum Gasteiger partial charge on any atom is -0.481 e. The molecule has 0 unspecified atom stereocenters. The van der Waals surface area contributed by atoms with E-state index in [4.69, 9.17) is 19.7 Å². The largest absolute Gasteiger partial charge is 0.481 e. The number of aliphatic hydroxyl groups excluding tert-OH is 1. The van der Waals surface area contributed by atoms with E-state index < -0.39 is 5.97 Å². The molecular weight excluding hydrogens is 246 g/mol. The molecule has 0 spiro atoms. The van der Waals surface area contributed by atoms with Gasteiger partial charge in [0.1, 0.15) is 11.5 Å². The molecule has 0 fully saturated rings. The molecule has 5 heteroatoms. The molecule has 2 aromatic rings. The summed E-state index contributed by atoms with van der Waals surface area (Å²) in [4.78, 5) is 13.0. The normalized spacial score (nSPS) is 9.16. The van der Waals surface area contributed by atoms with Gasteiger partial charge in [0.05, 0.1) is 12.3 Å². The number of nitrogens with zero attached hydrogens (tertiary/aromatic N) is 1. The Morgan fingerprint density at radius 1 is 1.21 bits per heavy atom. The monoisotopic (exact) mass is 261 g/mol. The molecule has 100 valence electrons. The third-order valence-electron chi connectivity index (χ3n) is 1.93. The van der Waals surface area contributed by atoms with Gasteiger partial charge in [0.25, 0.3) is 5.97 Å². The molecule has 19 heavy (non-hydrogen) atoms. The van der Waals surface area contributed by atoms with Crippen molar-refractivity contribution in [3.63, 3.8) is 0 Å². The van der Waals surface area contributed by atoms with E-state index >= 15 is 0 Å². The van der Waals surface area contributed by atoms with Crippen molar-refractivity contribution in [1.29, 1.82) is 0 Å². The number of benzene rings is 1. The second-order valence-corrected chi connectivity index (χ2v) is 3.58. The van der Waals surface area contributed by atoms with Crippen LogP contribution in [0, 0.1) is 0 Å². The van der Waals surface area contributed by atoms with Gasteiger partial charge in [0.2, 0.25) is 0 Å². The molecule has 1 aromatic carbocycles. The van der Waals surface area contributed by atoms with Crippen LogP contribution in [-0.2, 0) is 11.4 Å². The van der Waals surface area contributed by atoms with Gasteiger partial charge in [-0.25, -0.2) is 0 Å². The fourth-order valence-corrected chi connectivity index (χ4v) is 1.23. The van der Waals surface area contributed by atoms with Gasteiger partial charge in [0, 0.05) is 19.2 Å². The van der Waals surface area contributed by atoms with Crippen LogP contribution in [0.4, 0.5) is 0 Å². The summed E-state index contributed by atoms with van der Waals surface area (Å²) in [5, 5.41) is 16.3. The molecule has 0 amide bonds. The average molecular weight is 261 g/mol. The van der Waals surface area contributed by atoms with Crippen molar-refractivity contribution in [1.82, 2.24) is 4.98 Å². The SMILES string of the molecule is CC(=O)O.OCc1cc(Oc2ccccc2)ccn1. The van der Waals surface area contributed by atoms with Crippen LogP contribution in [0.15, 0.2) is 48.7 Å². The summed E-state index contributed by atoms with van der Waals surface area (Å²) >= 11 is 0. The van der Waals surface area contributed by atoms with E-state index in [1.54, 1.807) is 18.3 Å². The Morgan fingerprint density at radius 2 is 1.84 bits per heavy atom. The van der Waals surface area contributed by atoms with Crippen LogP contribution in [0.25, 0.3) is 0 Å². The third kappa shape index (κ3) is 6.18. The highest BCUT2D eigenvalue weighted by Gasteiger charge is 1.98. The number of carboxylic acids is 1. The standard InChI is InChI=1S/C12H11NO2.C2H4O2/c14-9-10-8-12(6-7-13-10)15-11-4-2-1-3-5-11;1-2(3)4/h1-8,14H,9H2;1H3,(H,3,4). The fourth-order valence-electron chi connectivity index (χ4n) is 1.23. The Labute approximate surface area is 111 Å². The Kier molecular flexibility index (Phi) is 6.05. The van der Waals surface area contributed by atoms with E-state index in [-0.39, 0.29) is 6.61 Å². The summed E-state index contributed by atoms with van der Waals surface area (Å²) in [5.41, 5.74) is 0.600. The molecule has 0 saturated carbocycles. The predicted molar refractivity (Wildman–Crippen MR) is 70.0 cm³/mol. The van der Waals surface area contributed by atoms with Crippen molar-refractivity contribution in [3.8, 4) is 11.5 Å². The number of para-hydroxylation sites is 1. The van der Waals surface area contributed by atoms with Crippen molar-refractivity contribution in [3.05, 3.63) is 54.4 Å². The average Bonchev–Trinajstić information content (AvgIpc) is 2.39. The van der Waals surface area contributed by atoms with Crippen LogP contribution < -0.4 is 4.74 Å². The number of aromatic nitrogens is 1. The Balaban J connectivity index is 0.000000399. The van der Waals surface area contributed by atoms with E-state index in [0.29, 0.717) is 11.4 Å². The first kappa shape index (κ1) is 14.7. The lowest BCUT2D eigenvalue weighted by Gasteiger charge is -2.05. The highest BCUT2D eigenvalue weighted by molar-refractivity contribution is 5.62. The highest BCUT2D eigenvalue weighted by Crippen LogP contribution is 2.20. The molecule has 0 bridgehead atoms. The first-order valence-corrected chi connectivity index (χ1v) is 5.60. The molecule has 1 heterocycles. The maximum Gasteiger partial charge on any atom is 0.300 e. The van der Waals surface area contributed by atoms with Crippen LogP contribution in [0.1, 0.15) is 12.6 Å². The number of pyridine rings is 1. The maximum absolute atomic E-state index is 9.00. The van der Waals surface area contributed by atoms with Gasteiger partial charge in [-0.05, 0) is 18.2 Å². The van der Waals surface area contributed by atoms with Crippen LogP contribution in [-0.4, -0.2) is 21.2 Å². The third-order valence-corrected chi connectivity index (χ3v) is 1.93. The number of aliphatic carboxylic acids is 1. The summed E-state index contributed by atoms with van der Waals surface area (Å²) in [6.07, 6.45) is 1.61. The number of aliphatic hydroxyl groups is 1. The molecule has 0 saturated heterocycles. The zero-order valence-corrected chi connectivity index (χ0v) is 10.5. The molecule has 2 rings (SSSR count). The van der Waals surface area contributed by atoms with Crippen LogP contribution in [0.5, 0.6) is 11.5 Å². The number of hydrogen-bond donors (Lipinski definition) is 2. The molecule has 5 nitrogen and oxygen atoms in total. The lowest BCUT2D eigenvalue weighted by Crippen LogP contribution is -1.90. The number of rotatable bonds is 3. The summed E-state index contributed by atoms with van der Waals surface area (Å²) < 4.78 is 5.57. The molecule has 0 atom stereocenters. The van der Waals surface area contributed by atoms with Crippen LogP contribution >= 0.6 is 0 Å². The predicted octanol–water partition coefficient (Wildman–Crippen LogP) is 2.46. The molecule has 0 aliphatic carbocycles. The maximum atomic E-state index is 9.00. The van der Waals surface area contributed by atoms with Gasteiger partial charge in [0.15, 0.2) is 0 Å². The topological polar surface area (TPSA) is 79.7 Å². The molecule has 2 N–H and O–H groups in total. The number of carbonyl (C=O) groups is 1. The fraction of sp³-hybridized carbons (Fsp3) is 0.143. The van der Waals surface area contributed by atoms with Crippen molar-refractivity contribution < 1.29 is 19.7 Å². The van der Waals surface area contributed by atoms with Crippen LogP contribution in [0.2, 0.25) is 0 Å². The zero-order valence-electron chi connectivity index (χ0n) is 10.5. The number of carboxylic acid groups (broad SMARTS) is 1. The Bertz CT molecular complexity index is 510. The summed E-state index contributed by atoms with van der Waals surface area (Å²) in [6, 6.07) is 13.0. The summed E-state index contributed by atoms with van der Waals surface area (Å²) in [6.45, 7) is 1.01. The minimum atomic E-state index is -0.833. The van der Waals surface area contributed by atoms with Gasteiger partial charge in [-0.15, -0.1) is 0 Å². The quantitative estimate of drug-likeness (QED) is 0.887. The van der Waals surface area contributed by atoms with Crippen molar-refractivity contribution in [2.24, 2.45) is 0 Å². The summed E-state index contributed by atoms with van der Waals surface area (Å²) in [5.74, 6) is 0.618. The molecule has 0 radical (unpaired) electrons. The van der Waals surface area contributed by atoms with E-state index in [9.17, 15) is 0 Å². The molecule has 0 aliphatic rings. The van der Waals surface area contributed by atoms with Crippen molar-refractivity contribution >= 4 is 5.97 Å². The number of ether oxygens (including phenoxy) is 1. The van der Waals surface area contributed by atoms with E-state index in [1.165, 1.54) is 0 Å². The zero-order chi connectivity index (χ0) is 14.1. The second-order valence-electron chi connectivity index (χ2n) is 3.58. The Morgan fingerprint density at radius 3 is 2.42 bits per heavy atom. The molecular formula is C14H15NO4. The van der Waals surface area contributed by atoms with Crippen LogP contribution in [0.3, 0.4) is 0 Å². The molecule has 1 aromatic heterocycles. The second kappa shape index (κ2) is 7.84. The first-order valence-electron chi connectivity index (χ1n) is 5.60. The summed E-state index contributed by atoms with van der Waals surface area (Å²) in [7, 11) is 0. The molecule has 0 aliphatic heterocycles. The van der Waals surface area contributed by atoms with E-state index in [1.807, 2.05) is 30.3 Å². The van der Waals surface area contributed by atoms with Gasteiger partial charge in [-0.1, -0.05) is 18.2 Å². The van der Waals surface area contributed by atoms with E-state index in [0.717, 1.165) is 12.7 Å². The van der Waals surface area contributed by atoms with Gasteiger partial charge in [-0.3, -0.25) is 9.78 Å². The van der Waals surface area contributed by atoms with Crippen molar-refractivity contribution in [2.45, 2.75) is 13.5 Å². The number of hydrogen-bond acceptors (Lipinski definition) is 4. The van der Waals surface area contributed by atoms with Gasteiger partial charge >= 0.3 is 0 Å². The first-order chi connectivity index (χ1) is 9.11. The van der Waals surface area contributed by atoms with Gasteiger partial charge in [-0.2, -0.15) is 0 Å². The Hall–Kier alpha value is -2.40. The highest BCUT2D eigenvalue weighted by atomic mass is 16.5. The lowest BCUT2D eigenvalue weighted by molar-refractivity contribution is -0.134. The van der Waals surface area contributed by atoms with Crippen molar-refractivity contribution in [2.75, 3.05) is 0 Å². The smallest absolute Gasteiger partial charge is 0.300 e. The minimum absolute atomic E-state index is 0.0774. The van der Waals surface area contributed by atoms with Gasteiger partial charge < -0.3 is 14.9 Å². The van der Waals surface area contributed by atoms with E-state index in [2.05, 4.69) is 4.98 Å².